The number of nitrogens with zero attached hydrogens (tertiary/aromatic N) is 1. The molecule has 1 aromatic carbocycles. The Morgan fingerprint density at radius 3 is 2.72 bits per heavy atom. The summed E-state index contributed by atoms with van der Waals surface area (Å²) in [6.45, 7) is 0. The van der Waals surface area contributed by atoms with E-state index in [9.17, 15) is 4.79 Å². The van der Waals surface area contributed by atoms with Gasteiger partial charge in [0, 0.05) is 4.47 Å². The number of hydrogen-bond acceptors (Lipinski definition) is 2. The fourth-order valence-electron chi connectivity index (χ4n) is 1.33. The van der Waals surface area contributed by atoms with Crippen molar-refractivity contribution >= 4 is 55.2 Å². The van der Waals surface area contributed by atoms with Gasteiger partial charge in [-0.1, -0.05) is 33.6 Å². The lowest BCUT2D eigenvalue weighted by Crippen LogP contribution is -2.13. The van der Waals surface area contributed by atoms with E-state index in [1.165, 1.54) is 0 Å². The van der Waals surface area contributed by atoms with Crippen LogP contribution in [0.5, 0.6) is 0 Å². The molecule has 0 saturated heterocycles. The number of amides is 1. The average Bonchev–Trinajstić information content (AvgIpc) is 2.32. The lowest BCUT2D eigenvalue weighted by molar-refractivity contribution is 0.102. The number of carbonyl (C=O) groups excluding carboxylic acids is 1. The van der Waals surface area contributed by atoms with Gasteiger partial charge in [-0.25, -0.2) is 4.98 Å². The van der Waals surface area contributed by atoms with E-state index in [2.05, 4.69) is 42.2 Å². The second kappa shape index (κ2) is 5.82. The summed E-state index contributed by atoms with van der Waals surface area (Å²) in [4.78, 5) is 16.1. The minimum Gasteiger partial charge on any atom is -0.306 e. The molecule has 0 aliphatic rings. The molecule has 1 N–H and O–H groups in total. The summed E-state index contributed by atoms with van der Waals surface area (Å²) in [5.41, 5.74) is 0.396. The summed E-state index contributed by atoms with van der Waals surface area (Å²) < 4.78 is 1.44. The predicted molar refractivity (Wildman–Crippen MR) is 79.0 cm³/mol. The summed E-state index contributed by atoms with van der Waals surface area (Å²) in [6, 6.07) is 10.4. The second-order valence-corrected chi connectivity index (χ2v) is 5.56. The van der Waals surface area contributed by atoms with Gasteiger partial charge in [-0.3, -0.25) is 4.79 Å². The Morgan fingerprint density at radius 1 is 1.22 bits per heavy atom. The molecule has 1 heterocycles. The van der Waals surface area contributed by atoms with Crippen molar-refractivity contribution in [1.82, 2.24) is 4.98 Å². The molecular formula is C12H7Br2ClN2O. The first-order chi connectivity index (χ1) is 8.56. The molecule has 1 aromatic heterocycles. The molecule has 1 amide bonds. The van der Waals surface area contributed by atoms with Gasteiger partial charge in [0.25, 0.3) is 5.91 Å². The van der Waals surface area contributed by atoms with E-state index < -0.39 is 0 Å². The maximum atomic E-state index is 12.0. The zero-order chi connectivity index (χ0) is 13.1. The second-order valence-electron chi connectivity index (χ2n) is 3.42. The quantitative estimate of drug-likeness (QED) is 0.767. The summed E-state index contributed by atoms with van der Waals surface area (Å²) in [6.07, 6.45) is 0. The van der Waals surface area contributed by atoms with Gasteiger partial charge in [-0.05, 0) is 46.3 Å². The van der Waals surface area contributed by atoms with Crippen LogP contribution in [-0.4, -0.2) is 10.9 Å². The molecule has 0 bridgehead atoms. The van der Waals surface area contributed by atoms with Crippen molar-refractivity contribution < 1.29 is 4.79 Å². The van der Waals surface area contributed by atoms with Gasteiger partial charge < -0.3 is 5.32 Å². The lowest BCUT2D eigenvalue weighted by Gasteiger charge is -2.06. The molecule has 0 aliphatic heterocycles. The fourth-order valence-corrected chi connectivity index (χ4v) is 2.24. The van der Waals surface area contributed by atoms with E-state index in [4.69, 9.17) is 11.6 Å². The fraction of sp³-hybridized carbons (Fsp3) is 0. The molecule has 18 heavy (non-hydrogen) atoms. The summed E-state index contributed by atoms with van der Waals surface area (Å²) in [5.74, 6) is 0.164. The molecule has 2 rings (SSSR count). The molecule has 0 radical (unpaired) electrons. The summed E-state index contributed by atoms with van der Waals surface area (Å²) in [5, 5.41) is 3.08. The van der Waals surface area contributed by atoms with Crippen LogP contribution in [0.1, 0.15) is 10.4 Å². The van der Waals surface area contributed by atoms with Crippen LogP contribution >= 0.6 is 43.5 Å². The number of anilines is 1. The summed E-state index contributed by atoms with van der Waals surface area (Å²) in [7, 11) is 0. The highest BCUT2D eigenvalue weighted by atomic mass is 79.9. The van der Waals surface area contributed by atoms with Crippen LogP contribution in [0.4, 0.5) is 5.82 Å². The van der Waals surface area contributed by atoms with Crippen LogP contribution in [0.15, 0.2) is 45.5 Å². The Balaban J connectivity index is 2.24. The van der Waals surface area contributed by atoms with Gasteiger partial charge >= 0.3 is 0 Å². The topological polar surface area (TPSA) is 42.0 Å². The first kappa shape index (κ1) is 13.5. The number of halogens is 3. The minimum absolute atomic E-state index is 0.299. The first-order valence-corrected chi connectivity index (χ1v) is 6.91. The molecule has 2 aromatic rings. The average molecular weight is 390 g/mol. The third-order valence-corrected chi connectivity index (χ3v) is 3.39. The molecule has 0 fully saturated rings. The number of hydrogen-bond donors (Lipinski definition) is 1. The van der Waals surface area contributed by atoms with Crippen molar-refractivity contribution in [2.24, 2.45) is 0 Å². The monoisotopic (exact) mass is 388 g/mol. The maximum Gasteiger partial charge on any atom is 0.258 e. The minimum atomic E-state index is -0.299. The Morgan fingerprint density at radius 2 is 2.00 bits per heavy atom. The standard InChI is InChI=1S/C12H7Br2ClN2O/c13-7-4-5-9(15)8(6-7)12(18)17-11-3-1-2-10(14)16-11/h1-6H,(H,16,17,18). The van der Waals surface area contributed by atoms with Gasteiger partial charge in [-0.2, -0.15) is 0 Å². The molecule has 0 saturated carbocycles. The third kappa shape index (κ3) is 3.31. The van der Waals surface area contributed by atoms with Crippen molar-refractivity contribution in [3.05, 3.63) is 56.1 Å². The number of rotatable bonds is 2. The molecule has 0 unspecified atom stereocenters. The van der Waals surface area contributed by atoms with Gasteiger partial charge in [0.1, 0.15) is 10.4 Å². The van der Waals surface area contributed by atoms with E-state index >= 15 is 0 Å². The Kier molecular flexibility index (Phi) is 4.37. The maximum absolute atomic E-state index is 12.0. The lowest BCUT2D eigenvalue weighted by atomic mass is 10.2. The number of pyridine rings is 1. The smallest absolute Gasteiger partial charge is 0.258 e. The molecule has 92 valence electrons. The van der Waals surface area contributed by atoms with E-state index in [1.807, 2.05) is 0 Å². The van der Waals surface area contributed by atoms with Gasteiger partial charge in [0.2, 0.25) is 0 Å². The van der Waals surface area contributed by atoms with E-state index in [-0.39, 0.29) is 5.91 Å². The molecule has 0 atom stereocenters. The van der Waals surface area contributed by atoms with Crippen LogP contribution in [-0.2, 0) is 0 Å². The molecular weight excluding hydrogens is 383 g/mol. The SMILES string of the molecule is O=C(Nc1cccc(Br)n1)c1cc(Br)ccc1Cl. The van der Waals surface area contributed by atoms with E-state index in [0.29, 0.717) is 21.0 Å². The van der Waals surface area contributed by atoms with E-state index in [1.54, 1.807) is 36.4 Å². The van der Waals surface area contributed by atoms with Gasteiger partial charge in [0.15, 0.2) is 0 Å². The first-order valence-electron chi connectivity index (χ1n) is 4.95. The zero-order valence-corrected chi connectivity index (χ0v) is 12.9. The Labute approximate surface area is 126 Å². The number of benzene rings is 1. The Bertz CT molecular complexity index is 604. The zero-order valence-electron chi connectivity index (χ0n) is 8.95. The number of carbonyl (C=O) groups is 1. The van der Waals surface area contributed by atoms with Crippen LogP contribution in [0.25, 0.3) is 0 Å². The highest BCUT2D eigenvalue weighted by Crippen LogP contribution is 2.22. The largest absolute Gasteiger partial charge is 0.306 e. The molecule has 3 nitrogen and oxygen atoms in total. The molecule has 6 heteroatoms. The molecule has 0 aliphatic carbocycles. The van der Waals surface area contributed by atoms with Crippen molar-refractivity contribution in [2.45, 2.75) is 0 Å². The third-order valence-electron chi connectivity index (χ3n) is 2.13. The number of nitrogens with one attached hydrogen (secondary N) is 1. The number of aromatic nitrogens is 1. The predicted octanol–water partition coefficient (Wildman–Crippen LogP) is 4.51. The van der Waals surface area contributed by atoms with Crippen molar-refractivity contribution in [1.29, 1.82) is 0 Å². The van der Waals surface area contributed by atoms with Crippen molar-refractivity contribution in [2.75, 3.05) is 5.32 Å². The summed E-state index contributed by atoms with van der Waals surface area (Å²) >= 11 is 12.5. The Hall–Kier alpha value is -0.910. The van der Waals surface area contributed by atoms with Crippen molar-refractivity contribution in [3.63, 3.8) is 0 Å². The van der Waals surface area contributed by atoms with Crippen molar-refractivity contribution in [3.8, 4) is 0 Å². The van der Waals surface area contributed by atoms with Crippen LogP contribution < -0.4 is 5.32 Å². The van der Waals surface area contributed by atoms with Crippen LogP contribution in [0.2, 0.25) is 5.02 Å². The van der Waals surface area contributed by atoms with E-state index in [0.717, 1.165) is 4.47 Å². The van der Waals surface area contributed by atoms with Gasteiger partial charge in [0.05, 0.1) is 10.6 Å². The highest BCUT2D eigenvalue weighted by molar-refractivity contribution is 9.10. The van der Waals surface area contributed by atoms with Crippen LogP contribution in [0.3, 0.4) is 0 Å². The highest BCUT2D eigenvalue weighted by Gasteiger charge is 2.11. The normalized spacial score (nSPS) is 10.2. The molecule has 0 spiro atoms. The van der Waals surface area contributed by atoms with Crippen LogP contribution in [0, 0.1) is 0 Å². The van der Waals surface area contributed by atoms with Gasteiger partial charge in [-0.15, -0.1) is 0 Å².